The van der Waals surface area contributed by atoms with Crippen LogP contribution in [-0.2, 0) is 6.42 Å². The second-order valence-corrected chi connectivity index (χ2v) is 4.36. The largest absolute Gasteiger partial charge is 0.330 e. The lowest BCUT2D eigenvalue weighted by Crippen LogP contribution is -2.05. The minimum Gasteiger partial charge on any atom is -0.330 e. The third-order valence-electron chi connectivity index (χ3n) is 2.28. The third kappa shape index (κ3) is 2.53. The van der Waals surface area contributed by atoms with E-state index in [2.05, 4.69) is 21.0 Å². The number of nitrogens with two attached hydrogens (primary N) is 1. The summed E-state index contributed by atoms with van der Waals surface area (Å²) in [5.74, 6) is -1.26. The van der Waals surface area contributed by atoms with Gasteiger partial charge in [-0.2, -0.15) is 5.10 Å². The highest BCUT2D eigenvalue weighted by Crippen LogP contribution is 2.20. The van der Waals surface area contributed by atoms with Crippen LogP contribution < -0.4 is 5.73 Å². The molecule has 1 aromatic carbocycles. The van der Waals surface area contributed by atoms with Crippen LogP contribution in [0.4, 0.5) is 8.78 Å². The van der Waals surface area contributed by atoms with Crippen molar-refractivity contribution in [2.24, 2.45) is 5.73 Å². The Morgan fingerprint density at radius 2 is 2.12 bits per heavy atom. The van der Waals surface area contributed by atoms with E-state index in [1.807, 2.05) is 0 Å². The van der Waals surface area contributed by atoms with Gasteiger partial charge in [0, 0.05) is 18.7 Å². The summed E-state index contributed by atoms with van der Waals surface area (Å²) in [5.41, 5.74) is 6.38. The molecule has 0 unspecified atom stereocenters. The van der Waals surface area contributed by atoms with Gasteiger partial charge in [0.1, 0.15) is 11.5 Å². The van der Waals surface area contributed by atoms with E-state index in [0.717, 1.165) is 16.2 Å². The van der Waals surface area contributed by atoms with Crippen molar-refractivity contribution < 1.29 is 8.78 Å². The summed E-state index contributed by atoms with van der Waals surface area (Å²) in [4.78, 5) is 0. The zero-order valence-corrected chi connectivity index (χ0v) is 10.4. The molecule has 0 spiro atoms. The van der Waals surface area contributed by atoms with E-state index in [1.54, 1.807) is 6.20 Å². The smallest absolute Gasteiger partial charge is 0.151 e. The standard InChI is InChI=1S/C11H10BrF2N3/c12-8-6-17(16-10(8)3-4-15)11-2-1-7(13)5-9(11)14/h1-2,5-6H,3-4,15H2. The van der Waals surface area contributed by atoms with Gasteiger partial charge < -0.3 is 5.73 Å². The van der Waals surface area contributed by atoms with Crippen molar-refractivity contribution in [3.8, 4) is 5.69 Å². The van der Waals surface area contributed by atoms with E-state index in [9.17, 15) is 8.78 Å². The predicted molar refractivity (Wildman–Crippen MR) is 63.9 cm³/mol. The molecular weight excluding hydrogens is 292 g/mol. The number of hydrogen-bond acceptors (Lipinski definition) is 2. The maximum atomic E-state index is 13.5. The lowest BCUT2D eigenvalue weighted by molar-refractivity contribution is 0.573. The van der Waals surface area contributed by atoms with Gasteiger partial charge in [0.25, 0.3) is 0 Å². The summed E-state index contributed by atoms with van der Waals surface area (Å²) in [5, 5.41) is 4.19. The number of aromatic nitrogens is 2. The van der Waals surface area contributed by atoms with E-state index >= 15 is 0 Å². The molecule has 3 nitrogen and oxygen atoms in total. The van der Waals surface area contributed by atoms with Crippen LogP contribution in [0.3, 0.4) is 0 Å². The van der Waals surface area contributed by atoms with Crippen molar-refractivity contribution in [3.63, 3.8) is 0 Å². The molecule has 2 N–H and O–H groups in total. The van der Waals surface area contributed by atoms with E-state index in [1.165, 1.54) is 16.8 Å². The van der Waals surface area contributed by atoms with Crippen molar-refractivity contribution in [2.75, 3.05) is 6.54 Å². The van der Waals surface area contributed by atoms with Crippen molar-refractivity contribution in [1.82, 2.24) is 9.78 Å². The van der Waals surface area contributed by atoms with Gasteiger partial charge in [-0.1, -0.05) is 0 Å². The molecule has 90 valence electrons. The van der Waals surface area contributed by atoms with Crippen LogP contribution in [0, 0.1) is 11.6 Å². The van der Waals surface area contributed by atoms with Gasteiger partial charge in [-0.25, -0.2) is 13.5 Å². The van der Waals surface area contributed by atoms with Crippen LogP contribution in [0.15, 0.2) is 28.9 Å². The van der Waals surface area contributed by atoms with E-state index in [0.29, 0.717) is 13.0 Å². The maximum absolute atomic E-state index is 13.5. The quantitative estimate of drug-likeness (QED) is 0.946. The molecule has 1 heterocycles. The molecule has 0 aliphatic heterocycles. The number of rotatable bonds is 3. The number of halogens is 3. The number of hydrogen-bond donors (Lipinski definition) is 1. The Morgan fingerprint density at radius 1 is 1.35 bits per heavy atom. The molecule has 2 rings (SSSR count). The van der Waals surface area contributed by atoms with E-state index < -0.39 is 11.6 Å². The predicted octanol–water partition coefficient (Wildman–Crippen LogP) is 2.41. The monoisotopic (exact) mass is 301 g/mol. The topological polar surface area (TPSA) is 43.8 Å². The second kappa shape index (κ2) is 4.93. The van der Waals surface area contributed by atoms with Gasteiger partial charge in [0.05, 0.1) is 10.2 Å². The molecule has 0 saturated carbocycles. The molecule has 0 radical (unpaired) electrons. The SMILES string of the molecule is NCCc1nn(-c2ccc(F)cc2F)cc1Br. The molecule has 0 bridgehead atoms. The Labute approximate surface area is 105 Å². The Hall–Kier alpha value is -1.27. The van der Waals surface area contributed by atoms with Crippen LogP contribution in [0.25, 0.3) is 5.69 Å². The average molecular weight is 302 g/mol. The fraction of sp³-hybridized carbons (Fsp3) is 0.182. The highest BCUT2D eigenvalue weighted by Gasteiger charge is 2.10. The first-order valence-corrected chi connectivity index (χ1v) is 5.80. The summed E-state index contributed by atoms with van der Waals surface area (Å²) >= 11 is 3.32. The summed E-state index contributed by atoms with van der Waals surface area (Å²) < 4.78 is 28.4. The van der Waals surface area contributed by atoms with Crippen molar-refractivity contribution in [3.05, 3.63) is 46.2 Å². The van der Waals surface area contributed by atoms with Gasteiger partial charge in [-0.3, -0.25) is 0 Å². The maximum Gasteiger partial charge on any atom is 0.151 e. The lowest BCUT2D eigenvalue weighted by Gasteiger charge is -2.02. The first-order chi connectivity index (χ1) is 8.11. The van der Waals surface area contributed by atoms with Crippen molar-refractivity contribution >= 4 is 15.9 Å². The molecule has 1 aromatic heterocycles. The molecule has 0 amide bonds. The van der Waals surface area contributed by atoms with Crippen LogP contribution >= 0.6 is 15.9 Å². The lowest BCUT2D eigenvalue weighted by atomic mass is 10.3. The summed E-state index contributed by atoms with van der Waals surface area (Å²) in [6.07, 6.45) is 2.22. The van der Waals surface area contributed by atoms with Crippen LogP contribution in [0.1, 0.15) is 5.69 Å². The Kier molecular flexibility index (Phi) is 3.54. The summed E-state index contributed by atoms with van der Waals surface area (Å²) in [7, 11) is 0. The molecule has 0 fully saturated rings. The zero-order chi connectivity index (χ0) is 12.4. The number of nitrogens with zero attached hydrogens (tertiary/aromatic N) is 2. The summed E-state index contributed by atoms with van der Waals surface area (Å²) in [6.45, 7) is 0.460. The van der Waals surface area contributed by atoms with Crippen molar-refractivity contribution in [1.29, 1.82) is 0 Å². The van der Waals surface area contributed by atoms with Gasteiger partial charge in [0.2, 0.25) is 0 Å². The Bertz CT molecular complexity index is 540. The van der Waals surface area contributed by atoms with E-state index in [-0.39, 0.29) is 5.69 Å². The molecule has 0 saturated heterocycles. The third-order valence-corrected chi connectivity index (χ3v) is 2.94. The number of benzene rings is 1. The first kappa shape index (κ1) is 12.2. The fourth-order valence-corrected chi connectivity index (χ4v) is 1.96. The van der Waals surface area contributed by atoms with Gasteiger partial charge in [-0.15, -0.1) is 0 Å². The Morgan fingerprint density at radius 3 is 2.76 bits per heavy atom. The fourth-order valence-electron chi connectivity index (χ4n) is 1.49. The summed E-state index contributed by atoms with van der Waals surface area (Å²) in [6, 6.07) is 3.36. The molecule has 17 heavy (non-hydrogen) atoms. The highest BCUT2D eigenvalue weighted by atomic mass is 79.9. The molecule has 2 aromatic rings. The molecule has 0 atom stereocenters. The normalized spacial score (nSPS) is 10.8. The molecule has 0 aliphatic rings. The van der Waals surface area contributed by atoms with Crippen LogP contribution in [-0.4, -0.2) is 16.3 Å². The van der Waals surface area contributed by atoms with Crippen molar-refractivity contribution in [2.45, 2.75) is 6.42 Å². The minimum absolute atomic E-state index is 0.204. The van der Waals surface area contributed by atoms with Gasteiger partial charge >= 0.3 is 0 Å². The van der Waals surface area contributed by atoms with E-state index in [4.69, 9.17) is 5.73 Å². The second-order valence-electron chi connectivity index (χ2n) is 3.50. The molecule has 0 aliphatic carbocycles. The first-order valence-electron chi connectivity index (χ1n) is 5.01. The highest BCUT2D eigenvalue weighted by molar-refractivity contribution is 9.10. The van der Waals surface area contributed by atoms with Gasteiger partial charge in [0.15, 0.2) is 5.82 Å². The molecular formula is C11H10BrF2N3. The average Bonchev–Trinajstić information content (AvgIpc) is 2.60. The minimum atomic E-state index is -0.653. The van der Waals surface area contributed by atoms with Crippen LogP contribution in [0.5, 0.6) is 0 Å². The molecule has 6 heteroatoms. The Balaban J connectivity index is 2.42. The van der Waals surface area contributed by atoms with Crippen LogP contribution in [0.2, 0.25) is 0 Å². The zero-order valence-electron chi connectivity index (χ0n) is 8.83. The van der Waals surface area contributed by atoms with Gasteiger partial charge in [-0.05, 0) is 34.6 Å².